The summed E-state index contributed by atoms with van der Waals surface area (Å²) in [5.74, 6) is 1.14. The van der Waals surface area contributed by atoms with Crippen LogP contribution in [0.2, 0.25) is 0 Å². The van der Waals surface area contributed by atoms with Crippen molar-refractivity contribution in [2.24, 2.45) is 7.05 Å². The van der Waals surface area contributed by atoms with Gasteiger partial charge in [0.2, 0.25) is 5.69 Å². The number of aromatic nitrogens is 1. The Hall–Kier alpha value is -1.83. The van der Waals surface area contributed by atoms with Crippen LogP contribution in [0.15, 0.2) is 36.5 Å². The number of ether oxygens (including phenoxy) is 1. The van der Waals surface area contributed by atoms with E-state index in [2.05, 4.69) is 55.1 Å². The van der Waals surface area contributed by atoms with Crippen LogP contribution in [0.1, 0.15) is 36.8 Å². The Morgan fingerprint density at radius 3 is 2.67 bits per heavy atom. The highest BCUT2D eigenvalue weighted by atomic mass is 16.5. The molecule has 108 valence electrons. The molecule has 2 nitrogen and oxygen atoms in total. The van der Waals surface area contributed by atoms with E-state index in [1.807, 2.05) is 0 Å². The van der Waals surface area contributed by atoms with E-state index in [0.29, 0.717) is 0 Å². The molecule has 4 rings (SSSR count). The summed E-state index contributed by atoms with van der Waals surface area (Å²) in [5.41, 5.74) is 5.30. The predicted octanol–water partition coefficient (Wildman–Crippen LogP) is 3.73. The van der Waals surface area contributed by atoms with Gasteiger partial charge in [-0.05, 0) is 49.8 Å². The second kappa shape index (κ2) is 4.59. The molecule has 1 saturated carbocycles. The van der Waals surface area contributed by atoms with Crippen molar-refractivity contribution >= 4 is 0 Å². The monoisotopic (exact) mass is 280 g/mol. The van der Waals surface area contributed by atoms with Gasteiger partial charge in [0.25, 0.3) is 0 Å². The van der Waals surface area contributed by atoms with Crippen molar-refractivity contribution in [2.75, 3.05) is 0 Å². The van der Waals surface area contributed by atoms with Gasteiger partial charge in [0.1, 0.15) is 18.4 Å². The first kappa shape index (κ1) is 12.9. The van der Waals surface area contributed by atoms with E-state index in [0.717, 1.165) is 12.2 Å². The highest BCUT2D eigenvalue weighted by Crippen LogP contribution is 2.48. The Balaban J connectivity index is 1.87. The lowest BCUT2D eigenvalue weighted by atomic mass is 9.93. The molecule has 1 aromatic carbocycles. The maximum absolute atomic E-state index is 6.56. The molecule has 1 spiro atoms. The fraction of sp³-hybridized carbons (Fsp3) is 0.421. The lowest BCUT2D eigenvalue weighted by molar-refractivity contribution is -0.660. The number of benzene rings is 1. The zero-order valence-electron chi connectivity index (χ0n) is 12.9. The maximum atomic E-state index is 6.56. The van der Waals surface area contributed by atoms with Gasteiger partial charge in [-0.3, -0.25) is 0 Å². The van der Waals surface area contributed by atoms with Gasteiger partial charge in [-0.15, -0.1) is 0 Å². The van der Waals surface area contributed by atoms with Crippen LogP contribution in [-0.2, 0) is 13.5 Å². The average molecular weight is 280 g/mol. The molecule has 2 aliphatic rings. The first-order chi connectivity index (χ1) is 10.2. The summed E-state index contributed by atoms with van der Waals surface area (Å²) in [7, 11) is 2.11. The molecule has 0 bridgehead atoms. The third kappa shape index (κ3) is 1.97. The fourth-order valence-corrected chi connectivity index (χ4v) is 3.98. The highest BCUT2D eigenvalue weighted by molar-refractivity contribution is 5.72. The summed E-state index contributed by atoms with van der Waals surface area (Å²) in [6.07, 6.45) is 8.23. The van der Waals surface area contributed by atoms with Crippen LogP contribution in [0.3, 0.4) is 0 Å². The Kier molecular flexibility index (Phi) is 2.81. The van der Waals surface area contributed by atoms with Gasteiger partial charge in [-0.1, -0.05) is 12.1 Å². The first-order valence-electron chi connectivity index (χ1n) is 7.95. The Morgan fingerprint density at radius 2 is 1.90 bits per heavy atom. The van der Waals surface area contributed by atoms with Crippen LogP contribution in [0.4, 0.5) is 0 Å². The molecule has 1 aliphatic heterocycles. The Bertz CT molecular complexity index is 699. The smallest absolute Gasteiger partial charge is 0.216 e. The quantitative estimate of drug-likeness (QED) is 0.725. The van der Waals surface area contributed by atoms with Gasteiger partial charge in [0.05, 0.1) is 5.56 Å². The zero-order valence-corrected chi connectivity index (χ0v) is 12.9. The Morgan fingerprint density at radius 1 is 1.10 bits per heavy atom. The molecule has 0 unspecified atom stereocenters. The highest BCUT2D eigenvalue weighted by Gasteiger charge is 2.43. The third-order valence-corrected chi connectivity index (χ3v) is 5.10. The van der Waals surface area contributed by atoms with Crippen LogP contribution in [0.25, 0.3) is 11.3 Å². The van der Waals surface area contributed by atoms with Crippen molar-refractivity contribution in [3.8, 4) is 17.0 Å². The van der Waals surface area contributed by atoms with Crippen molar-refractivity contribution in [1.82, 2.24) is 0 Å². The van der Waals surface area contributed by atoms with Crippen LogP contribution < -0.4 is 9.30 Å². The number of nitrogens with zero attached hydrogens (tertiary/aromatic N) is 1. The number of fused-ring (bicyclic) bond motifs is 1. The van der Waals surface area contributed by atoms with E-state index < -0.39 is 0 Å². The lowest BCUT2D eigenvalue weighted by Crippen LogP contribution is -2.31. The van der Waals surface area contributed by atoms with E-state index in [-0.39, 0.29) is 5.60 Å². The van der Waals surface area contributed by atoms with Crippen LogP contribution in [0, 0.1) is 6.92 Å². The molecule has 2 aromatic rings. The Labute approximate surface area is 126 Å². The molecular formula is C19H22NO+. The fourth-order valence-electron chi connectivity index (χ4n) is 3.98. The van der Waals surface area contributed by atoms with Gasteiger partial charge in [-0.2, -0.15) is 0 Å². The molecule has 0 radical (unpaired) electrons. The van der Waals surface area contributed by atoms with Gasteiger partial charge >= 0.3 is 0 Å². The molecule has 1 aliphatic carbocycles. The van der Waals surface area contributed by atoms with Crippen molar-refractivity contribution in [3.05, 3.63) is 47.7 Å². The van der Waals surface area contributed by atoms with E-state index in [9.17, 15) is 0 Å². The van der Waals surface area contributed by atoms with E-state index in [1.54, 1.807) is 0 Å². The summed E-state index contributed by atoms with van der Waals surface area (Å²) in [6.45, 7) is 2.19. The second-order valence-corrected chi connectivity index (χ2v) is 6.61. The topological polar surface area (TPSA) is 13.1 Å². The second-order valence-electron chi connectivity index (χ2n) is 6.61. The van der Waals surface area contributed by atoms with Gasteiger partial charge < -0.3 is 4.74 Å². The average Bonchev–Trinajstić information content (AvgIpc) is 3.07. The van der Waals surface area contributed by atoms with Gasteiger partial charge in [0, 0.05) is 18.6 Å². The summed E-state index contributed by atoms with van der Waals surface area (Å²) < 4.78 is 8.75. The summed E-state index contributed by atoms with van der Waals surface area (Å²) in [5, 5.41) is 0. The SMILES string of the molecule is Cc1ccc2c(c1-c1cccc[n+]1C)OC1(CCCC1)C2. The third-order valence-electron chi connectivity index (χ3n) is 5.10. The molecule has 1 aromatic heterocycles. The lowest BCUT2D eigenvalue weighted by Gasteiger charge is -2.23. The predicted molar refractivity (Wildman–Crippen MR) is 83.3 cm³/mol. The molecular weight excluding hydrogens is 258 g/mol. The normalized spacial score (nSPS) is 18.8. The number of aryl methyl sites for hydroxylation is 2. The molecule has 0 saturated heterocycles. The molecule has 1 fully saturated rings. The minimum atomic E-state index is 0.0955. The summed E-state index contributed by atoms with van der Waals surface area (Å²) in [4.78, 5) is 0. The minimum Gasteiger partial charge on any atom is -0.486 e. The van der Waals surface area contributed by atoms with Crippen molar-refractivity contribution in [2.45, 2.75) is 44.6 Å². The summed E-state index contributed by atoms with van der Waals surface area (Å²) in [6, 6.07) is 10.9. The first-order valence-corrected chi connectivity index (χ1v) is 7.95. The van der Waals surface area contributed by atoms with E-state index in [1.165, 1.54) is 48.1 Å². The van der Waals surface area contributed by atoms with Crippen molar-refractivity contribution in [1.29, 1.82) is 0 Å². The summed E-state index contributed by atoms with van der Waals surface area (Å²) >= 11 is 0. The van der Waals surface area contributed by atoms with Gasteiger partial charge in [0.15, 0.2) is 6.20 Å². The zero-order chi connectivity index (χ0) is 14.4. The molecule has 0 atom stereocenters. The molecule has 21 heavy (non-hydrogen) atoms. The van der Waals surface area contributed by atoms with Crippen molar-refractivity contribution < 1.29 is 9.30 Å². The molecule has 2 heteroatoms. The van der Waals surface area contributed by atoms with Crippen LogP contribution in [-0.4, -0.2) is 5.60 Å². The van der Waals surface area contributed by atoms with Crippen LogP contribution >= 0.6 is 0 Å². The van der Waals surface area contributed by atoms with Crippen molar-refractivity contribution in [3.63, 3.8) is 0 Å². The number of hydrogen-bond donors (Lipinski definition) is 0. The van der Waals surface area contributed by atoms with Gasteiger partial charge in [-0.25, -0.2) is 4.57 Å². The standard InChI is InChI=1S/C19H22NO/c1-14-8-9-15-13-19(10-4-5-11-19)21-18(15)17(14)16-7-3-6-12-20(16)2/h3,6-9,12H,4-5,10-11,13H2,1-2H3/q+1. The number of pyridine rings is 1. The van der Waals surface area contributed by atoms with E-state index >= 15 is 0 Å². The number of rotatable bonds is 1. The molecule has 0 amide bonds. The number of hydrogen-bond acceptors (Lipinski definition) is 1. The van der Waals surface area contributed by atoms with E-state index in [4.69, 9.17) is 4.74 Å². The molecule has 2 heterocycles. The molecule has 0 N–H and O–H groups in total. The van der Waals surface area contributed by atoms with Crippen LogP contribution in [0.5, 0.6) is 5.75 Å². The maximum Gasteiger partial charge on any atom is 0.216 e. The minimum absolute atomic E-state index is 0.0955. The largest absolute Gasteiger partial charge is 0.486 e.